The van der Waals surface area contributed by atoms with Gasteiger partial charge in [-0.25, -0.2) is 38.4 Å². The Morgan fingerprint density at radius 1 is 0.706 bits per heavy atom. The van der Waals surface area contributed by atoms with E-state index in [1.807, 2.05) is 0 Å². The summed E-state index contributed by atoms with van der Waals surface area (Å²) in [5, 5.41) is 20.9. The molecule has 0 aliphatic carbocycles. The Labute approximate surface area is 288 Å². The van der Waals surface area contributed by atoms with Crippen molar-refractivity contribution in [2.45, 2.75) is 33.4 Å². The van der Waals surface area contributed by atoms with Crippen LogP contribution in [0.1, 0.15) is 29.9 Å². The fraction of sp³-hybridized carbons (Fsp3) is 0.0741. The normalized spacial score (nSPS) is 15.3. The molecule has 3 aromatic rings. The zero-order valence-electron chi connectivity index (χ0n) is 25.3. The molecule has 0 saturated carbocycles. The quantitative estimate of drug-likeness (QED) is 0.0999. The minimum absolute atomic E-state index is 0.229. The topological polar surface area (TPSA) is 336 Å². The van der Waals surface area contributed by atoms with E-state index in [4.69, 9.17) is 0 Å². The first kappa shape index (κ1) is 38.6. The Bertz CT molecular complexity index is 2620. The number of nitrogens with zero attached hydrogens (tertiary/aromatic N) is 4. The number of Topliss-reactive ketones (excluding diaryl/α,β-unsaturated/α-hetero) is 2. The Balaban J connectivity index is 1.76. The molecule has 0 fully saturated rings. The second kappa shape index (κ2) is 13.5. The van der Waals surface area contributed by atoms with E-state index < -0.39 is 117 Å². The number of ketones is 2. The lowest BCUT2D eigenvalue weighted by Gasteiger charge is -2.20. The van der Waals surface area contributed by atoms with Gasteiger partial charge in [0.25, 0.3) is 5.91 Å². The molecule has 0 radical (unpaired) electrons. The number of anilines is 1. The van der Waals surface area contributed by atoms with Crippen molar-refractivity contribution in [3.63, 3.8) is 0 Å². The summed E-state index contributed by atoms with van der Waals surface area (Å²) >= 11 is 0. The van der Waals surface area contributed by atoms with Crippen LogP contribution < -0.4 is 10.1 Å². The molecule has 2 aromatic carbocycles. The lowest BCUT2D eigenvalue weighted by atomic mass is 10.1. The van der Waals surface area contributed by atoms with Gasteiger partial charge in [0.2, 0.25) is 0 Å². The maximum atomic E-state index is 13.2. The van der Waals surface area contributed by atoms with E-state index in [2.05, 4.69) is 10.2 Å². The highest BCUT2D eigenvalue weighted by molar-refractivity contribution is 7.86. The molecule has 0 atom stereocenters. The molecular weight excluding hydrogens is 765 g/mol. The fourth-order valence-electron chi connectivity index (χ4n) is 4.40. The molecular formula is C27H17N4O16S4-5. The average molecular weight is 782 g/mol. The summed E-state index contributed by atoms with van der Waals surface area (Å²) in [6.45, 7) is 1.92. The van der Waals surface area contributed by atoms with E-state index in [-0.39, 0.29) is 9.69 Å². The van der Waals surface area contributed by atoms with Crippen molar-refractivity contribution in [3.8, 4) is 11.6 Å². The van der Waals surface area contributed by atoms with Gasteiger partial charge in [0.05, 0.1) is 36.5 Å². The Hall–Kier alpha value is -5.21. The molecule has 270 valence electrons. The molecule has 1 aliphatic heterocycles. The van der Waals surface area contributed by atoms with Gasteiger partial charge in [-0.15, -0.1) is 0 Å². The zero-order chi connectivity index (χ0) is 38.4. The molecule has 0 saturated heterocycles. The van der Waals surface area contributed by atoms with Gasteiger partial charge in [-0.2, -0.15) is 15.2 Å². The number of carbonyl (C=O) groups is 3. The minimum atomic E-state index is -5.39. The molecule has 51 heavy (non-hydrogen) atoms. The van der Waals surface area contributed by atoms with Crippen LogP contribution in [0.2, 0.25) is 0 Å². The third-order valence-electron chi connectivity index (χ3n) is 6.60. The van der Waals surface area contributed by atoms with Gasteiger partial charge in [0, 0.05) is 19.4 Å². The molecule has 20 nitrogen and oxygen atoms in total. The largest absolute Gasteiger partial charge is 0.858 e. The van der Waals surface area contributed by atoms with Crippen molar-refractivity contribution in [3.05, 3.63) is 77.5 Å². The van der Waals surface area contributed by atoms with Crippen LogP contribution in [-0.2, 0) is 50.1 Å². The van der Waals surface area contributed by atoms with Crippen molar-refractivity contribution >= 4 is 75.4 Å². The van der Waals surface area contributed by atoms with Gasteiger partial charge < -0.3 is 23.3 Å². The SMILES string of the molecule is CC(=O)C1=NN(c2cc(S(=O)(=O)[O-])ccc2S(=O)(=O)[O-])C(=O)C1=CC=CC=Cc1c(C(C)=O)nn(-c2cc(S(=O)(=O)[O-])ccc2S(=O)(=O)[O-])c1[O-]. The lowest BCUT2D eigenvalue weighted by Crippen LogP contribution is -2.24. The molecule has 0 N–H and O–H groups in total. The number of hydrogen-bond donors (Lipinski definition) is 0. The van der Waals surface area contributed by atoms with Crippen molar-refractivity contribution in [2.24, 2.45) is 5.10 Å². The van der Waals surface area contributed by atoms with Gasteiger partial charge in [0.15, 0.2) is 11.6 Å². The van der Waals surface area contributed by atoms with Crippen molar-refractivity contribution in [2.75, 3.05) is 5.01 Å². The maximum absolute atomic E-state index is 13.2. The maximum Gasteiger partial charge on any atom is 0.281 e. The van der Waals surface area contributed by atoms with Crippen LogP contribution in [-0.4, -0.2) is 84.8 Å². The Morgan fingerprint density at radius 2 is 1.22 bits per heavy atom. The third-order valence-corrected chi connectivity index (χ3v) is 10.0. The molecule has 2 heterocycles. The lowest BCUT2D eigenvalue weighted by molar-refractivity contribution is -0.278. The van der Waals surface area contributed by atoms with Crippen molar-refractivity contribution in [1.82, 2.24) is 9.78 Å². The highest BCUT2D eigenvalue weighted by Crippen LogP contribution is 2.33. The zero-order valence-corrected chi connectivity index (χ0v) is 28.6. The van der Waals surface area contributed by atoms with Crippen LogP contribution >= 0.6 is 0 Å². The highest BCUT2D eigenvalue weighted by Gasteiger charge is 2.35. The number of benzene rings is 2. The molecule has 1 aliphatic rings. The second-order valence-electron chi connectivity index (χ2n) is 10.1. The third kappa shape index (κ3) is 8.07. The monoisotopic (exact) mass is 781 g/mol. The van der Waals surface area contributed by atoms with Gasteiger partial charge in [-0.3, -0.25) is 14.4 Å². The minimum Gasteiger partial charge on any atom is -0.858 e. The number of hydrazone groups is 1. The molecule has 0 unspecified atom stereocenters. The van der Waals surface area contributed by atoms with E-state index in [1.165, 1.54) is 0 Å². The van der Waals surface area contributed by atoms with Gasteiger partial charge in [-0.1, -0.05) is 24.3 Å². The van der Waals surface area contributed by atoms with E-state index in [0.29, 0.717) is 36.4 Å². The van der Waals surface area contributed by atoms with Crippen molar-refractivity contribution in [1.29, 1.82) is 0 Å². The second-order valence-corrected chi connectivity index (χ2v) is 15.5. The number of carbonyl (C=O) groups excluding carboxylic acids is 3. The van der Waals surface area contributed by atoms with Gasteiger partial charge in [-0.05, 0) is 48.4 Å². The van der Waals surface area contributed by atoms with Crippen LogP contribution in [0.3, 0.4) is 0 Å². The fourth-order valence-corrected chi connectivity index (χ4v) is 6.66. The van der Waals surface area contributed by atoms with Crippen LogP contribution in [0.15, 0.2) is 91.0 Å². The summed E-state index contributed by atoms with van der Waals surface area (Å²) in [6, 6.07) is 2.79. The average Bonchev–Trinajstić information content (AvgIpc) is 3.51. The first-order valence-electron chi connectivity index (χ1n) is 13.3. The molecule has 0 bridgehead atoms. The standard InChI is InChI=1S/C27H22N4O16S4/c1-14(32)24-18(26(34)30(28-24)20-12-16(48(36,37)38)8-10-22(20)50(42,43)44)6-4-3-5-7-19-25(15(2)33)29-31(27(19)35)21-13-17(49(39,40)41)9-11-23(21)51(45,46)47/h3-13,34H,1-2H3,(H,36,37,38)(H,39,40,41)(H,42,43,44)(H,45,46,47)/p-5. The summed E-state index contributed by atoms with van der Waals surface area (Å²) in [6.07, 6.45) is 5.17. The first-order chi connectivity index (χ1) is 23.3. The van der Waals surface area contributed by atoms with Gasteiger partial charge in [0.1, 0.15) is 51.9 Å². The van der Waals surface area contributed by atoms with E-state index in [9.17, 15) is 71.4 Å². The van der Waals surface area contributed by atoms with Crippen LogP contribution in [0.5, 0.6) is 5.88 Å². The van der Waals surface area contributed by atoms with Crippen LogP contribution in [0.25, 0.3) is 11.8 Å². The number of allylic oxidation sites excluding steroid dienone is 4. The Morgan fingerprint density at radius 3 is 1.69 bits per heavy atom. The van der Waals surface area contributed by atoms with Gasteiger partial charge >= 0.3 is 0 Å². The highest BCUT2D eigenvalue weighted by atomic mass is 32.2. The van der Waals surface area contributed by atoms with E-state index >= 15 is 0 Å². The number of amides is 1. The first-order valence-corrected chi connectivity index (χ1v) is 18.9. The van der Waals surface area contributed by atoms with E-state index in [0.717, 1.165) is 44.2 Å². The Kier molecular flexibility index (Phi) is 10.2. The summed E-state index contributed by atoms with van der Waals surface area (Å²) < 4.78 is 140. The van der Waals surface area contributed by atoms with Crippen LogP contribution in [0.4, 0.5) is 5.69 Å². The summed E-state index contributed by atoms with van der Waals surface area (Å²) in [5.41, 5.74) is -4.10. The molecule has 24 heteroatoms. The number of rotatable bonds is 11. The van der Waals surface area contributed by atoms with Crippen molar-refractivity contribution < 1.29 is 71.4 Å². The molecule has 1 amide bonds. The predicted molar refractivity (Wildman–Crippen MR) is 163 cm³/mol. The van der Waals surface area contributed by atoms with E-state index in [1.54, 1.807) is 0 Å². The smallest absolute Gasteiger partial charge is 0.281 e. The predicted octanol–water partition coefficient (Wildman–Crippen LogP) is -0.747. The number of aromatic nitrogens is 2. The molecule has 0 spiro atoms. The summed E-state index contributed by atoms with van der Waals surface area (Å²) in [7, 11) is -21.2. The number of hydrogen-bond acceptors (Lipinski definition) is 18. The summed E-state index contributed by atoms with van der Waals surface area (Å²) in [4.78, 5) is 33.4. The van der Waals surface area contributed by atoms with Crippen LogP contribution in [0, 0.1) is 0 Å². The summed E-state index contributed by atoms with van der Waals surface area (Å²) in [5.74, 6) is -4.20. The molecule has 4 rings (SSSR count). The molecule has 1 aromatic heterocycles.